The van der Waals surface area contributed by atoms with Crippen molar-refractivity contribution in [3.05, 3.63) is 269 Å². The molecule has 10 aromatic carbocycles. The predicted octanol–water partition coefficient (Wildman–Crippen LogP) is 14.4. The van der Waals surface area contributed by atoms with E-state index in [1.54, 1.807) is 0 Å². The molecule has 11 aromatic rings. The Bertz CT molecular complexity index is 3910. The molecule has 15 rings (SSSR count). The minimum absolute atomic E-state index is 0.425. The fraction of sp³-hybridized carbons (Fsp3) is 0.0323. The molecule has 2 aliphatic carbocycles. The molecule has 2 spiro atoms. The molecule has 1 aromatic heterocycles. The van der Waals surface area contributed by atoms with E-state index in [1.165, 1.54) is 76.6 Å². The number of hydrogen-bond acceptors (Lipinski definition) is 3. The summed E-state index contributed by atoms with van der Waals surface area (Å²) in [5.41, 5.74) is 17.8. The first kappa shape index (κ1) is 36.9. The summed E-state index contributed by atoms with van der Waals surface area (Å²) in [6.45, 7) is 0. The molecule has 2 nitrogen and oxygen atoms in total. The topological polar surface area (TPSA) is 30.2 Å². The minimum atomic E-state index is -3.43. The number of hydrogen-bond donors (Lipinski definition) is 0. The van der Waals surface area contributed by atoms with E-state index in [4.69, 9.17) is 4.42 Å². The lowest BCUT2D eigenvalue weighted by molar-refractivity contribution is 0.589. The number of furan rings is 1. The average Bonchev–Trinajstić information content (AvgIpc) is 4.01. The second-order valence-electron chi connectivity index (χ2n) is 18.1. The van der Waals surface area contributed by atoms with Gasteiger partial charge in [-0.25, -0.2) is 0 Å². The van der Waals surface area contributed by atoms with Gasteiger partial charge >= 0.3 is 0 Å². The normalized spacial score (nSPS) is 18.5. The maximum Gasteiger partial charge on any atom is 0.171 e. The van der Waals surface area contributed by atoms with Gasteiger partial charge in [-0.2, -0.15) is 0 Å². The van der Waals surface area contributed by atoms with Crippen LogP contribution in [0.15, 0.2) is 239 Å². The van der Waals surface area contributed by atoms with Crippen LogP contribution in [-0.2, 0) is 15.4 Å². The van der Waals surface area contributed by atoms with Crippen LogP contribution in [0.4, 0.5) is 0 Å². The Morgan fingerprint density at radius 3 is 1.64 bits per heavy atom. The zero-order valence-corrected chi connectivity index (χ0v) is 37.2. The molecule has 0 N–H and O–H groups in total. The fourth-order valence-corrected chi connectivity index (χ4v) is 17.0. The molecular weight excluding hydrogens is 840 g/mol. The molecule has 4 aliphatic rings. The van der Waals surface area contributed by atoms with Crippen molar-refractivity contribution < 1.29 is 8.98 Å². The number of para-hydroxylation sites is 1. The third-order valence-corrected chi connectivity index (χ3v) is 19.5. The lowest BCUT2D eigenvalue weighted by Gasteiger charge is -2.47. The van der Waals surface area contributed by atoms with Crippen molar-refractivity contribution in [3.63, 3.8) is 0 Å². The summed E-state index contributed by atoms with van der Waals surface area (Å²) in [4.78, 5) is 2.38. The van der Waals surface area contributed by atoms with E-state index in [9.17, 15) is 0 Å². The van der Waals surface area contributed by atoms with Crippen molar-refractivity contribution in [2.45, 2.75) is 20.6 Å². The predicted molar refractivity (Wildman–Crippen MR) is 271 cm³/mol. The molecule has 2 aliphatic heterocycles. The molecule has 0 bridgehead atoms. The Kier molecular flexibility index (Phi) is 7.32. The second-order valence-corrected chi connectivity index (χ2v) is 21.9. The van der Waals surface area contributed by atoms with Crippen LogP contribution in [0.1, 0.15) is 44.5 Å². The molecular formula is C62H37O2PS. The van der Waals surface area contributed by atoms with E-state index in [2.05, 4.69) is 182 Å². The lowest BCUT2D eigenvalue weighted by atomic mass is 9.64. The van der Waals surface area contributed by atoms with Gasteiger partial charge in [0.1, 0.15) is 11.2 Å². The van der Waals surface area contributed by atoms with Gasteiger partial charge in [-0.15, -0.1) is 0 Å². The maximum absolute atomic E-state index is 16.6. The van der Waals surface area contributed by atoms with Crippen molar-refractivity contribution in [2.75, 3.05) is 0 Å². The van der Waals surface area contributed by atoms with E-state index in [-0.39, 0.29) is 0 Å². The van der Waals surface area contributed by atoms with Crippen LogP contribution in [0.2, 0.25) is 0 Å². The SMILES string of the molecule is O=P1(c2ccccc2)c2ccccc2C2(c3ccccc3Sc3cc(-c4ccc5c(c4)C4(c6ccccc6-c6ccccc64)c4ccccc4-5)ccc32)c2cc3c(cc21)oc1ccccc13. The first-order chi connectivity index (χ1) is 32.6. The smallest absolute Gasteiger partial charge is 0.171 e. The summed E-state index contributed by atoms with van der Waals surface area (Å²) in [6, 6.07) is 81.6. The van der Waals surface area contributed by atoms with Crippen LogP contribution in [0.5, 0.6) is 0 Å². The second kappa shape index (κ2) is 13.1. The van der Waals surface area contributed by atoms with Gasteiger partial charge in [0, 0.05) is 36.5 Å². The molecule has 0 fully saturated rings. The maximum atomic E-state index is 16.6. The van der Waals surface area contributed by atoms with Crippen LogP contribution in [0, 0.1) is 0 Å². The van der Waals surface area contributed by atoms with Gasteiger partial charge in [0.2, 0.25) is 0 Å². The van der Waals surface area contributed by atoms with E-state index in [0.717, 1.165) is 49.0 Å². The van der Waals surface area contributed by atoms with Gasteiger partial charge in [-0.3, -0.25) is 0 Å². The molecule has 0 saturated carbocycles. The third kappa shape index (κ3) is 4.43. The highest BCUT2D eigenvalue weighted by Crippen LogP contribution is 2.65. The summed E-state index contributed by atoms with van der Waals surface area (Å²) < 4.78 is 23.2. The molecule has 4 heteroatoms. The first-order valence-corrected chi connectivity index (χ1v) is 25.2. The van der Waals surface area contributed by atoms with Gasteiger partial charge in [-0.1, -0.05) is 200 Å². The lowest BCUT2D eigenvalue weighted by Crippen LogP contribution is -2.48. The van der Waals surface area contributed by atoms with E-state index < -0.39 is 18.0 Å². The van der Waals surface area contributed by atoms with E-state index in [0.29, 0.717) is 0 Å². The van der Waals surface area contributed by atoms with Gasteiger partial charge < -0.3 is 8.98 Å². The summed E-state index contributed by atoms with van der Waals surface area (Å²) in [7, 11) is -3.43. The molecule has 0 amide bonds. The van der Waals surface area contributed by atoms with E-state index in [1.807, 2.05) is 54.2 Å². The molecule has 66 heavy (non-hydrogen) atoms. The molecule has 0 radical (unpaired) electrons. The average molecular weight is 877 g/mol. The molecule has 308 valence electrons. The Morgan fingerprint density at radius 2 is 0.894 bits per heavy atom. The van der Waals surface area contributed by atoms with Crippen molar-refractivity contribution in [1.29, 1.82) is 0 Å². The monoisotopic (exact) mass is 876 g/mol. The minimum Gasteiger partial charge on any atom is -0.456 e. The van der Waals surface area contributed by atoms with Crippen molar-refractivity contribution in [1.82, 2.24) is 0 Å². The summed E-state index contributed by atoms with van der Waals surface area (Å²) in [5, 5.41) is 4.60. The standard InChI is InChI=1S/C62H37O2PS/c63-65(40-16-2-1-3-17-40)57-28-14-11-25-50(57)62(54-36-46-45-21-7-13-27-55(45)64-56(46)37-58(54)65)51-26-12-15-29-59(51)66-60-35-39(31-33-52(60)62)38-30-32-44-43-20-6-10-24-49(43)61(53(44)34-38)47-22-8-4-18-41(47)42-19-5-9-23-48(42)61/h1-37H. The van der Waals surface area contributed by atoms with E-state index >= 15 is 4.57 Å². The summed E-state index contributed by atoms with van der Waals surface area (Å²) in [6.07, 6.45) is 0. The van der Waals surface area contributed by atoms with Crippen molar-refractivity contribution >= 4 is 56.8 Å². The molecule has 2 atom stereocenters. The zero-order valence-electron chi connectivity index (χ0n) is 35.5. The van der Waals surface area contributed by atoms with Crippen LogP contribution in [-0.4, -0.2) is 0 Å². The van der Waals surface area contributed by atoms with Crippen LogP contribution < -0.4 is 15.9 Å². The fourth-order valence-electron chi connectivity index (χ4n) is 12.7. The highest BCUT2D eigenvalue weighted by Gasteiger charge is 2.55. The Labute approximate surface area is 386 Å². The van der Waals surface area contributed by atoms with Crippen LogP contribution >= 0.6 is 18.9 Å². The molecule has 0 saturated heterocycles. The van der Waals surface area contributed by atoms with Crippen molar-refractivity contribution in [3.8, 4) is 33.4 Å². The number of rotatable bonds is 2. The van der Waals surface area contributed by atoms with Gasteiger partial charge in [0.15, 0.2) is 7.14 Å². The zero-order chi connectivity index (χ0) is 43.4. The Hall–Kier alpha value is -7.42. The first-order valence-electron chi connectivity index (χ1n) is 22.7. The number of fused-ring (bicyclic) bond motifs is 21. The van der Waals surface area contributed by atoms with Gasteiger partial charge in [-0.05, 0) is 114 Å². The number of benzene rings is 10. The van der Waals surface area contributed by atoms with Gasteiger partial charge in [0.05, 0.1) is 10.8 Å². The van der Waals surface area contributed by atoms with Gasteiger partial charge in [0.25, 0.3) is 0 Å². The quantitative estimate of drug-likeness (QED) is 0.162. The summed E-state index contributed by atoms with van der Waals surface area (Å²) >= 11 is 1.84. The van der Waals surface area contributed by atoms with Crippen LogP contribution in [0.25, 0.3) is 55.3 Å². The molecule has 3 heterocycles. The van der Waals surface area contributed by atoms with Crippen LogP contribution in [0.3, 0.4) is 0 Å². The highest BCUT2D eigenvalue weighted by molar-refractivity contribution is 7.99. The molecule has 2 unspecified atom stereocenters. The summed E-state index contributed by atoms with van der Waals surface area (Å²) in [5.74, 6) is 0. The highest BCUT2D eigenvalue weighted by atomic mass is 32.2. The largest absolute Gasteiger partial charge is 0.456 e. The Balaban J connectivity index is 1.00. The Morgan fingerprint density at radius 1 is 0.348 bits per heavy atom. The third-order valence-electron chi connectivity index (χ3n) is 15.2. The van der Waals surface area contributed by atoms with Crippen molar-refractivity contribution in [2.24, 2.45) is 0 Å².